The first-order valence-electron chi connectivity index (χ1n) is 8.82. The predicted molar refractivity (Wildman–Crippen MR) is 99.6 cm³/mol. The van der Waals surface area contributed by atoms with E-state index in [1.165, 1.54) is 52.3 Å². The second-order valence-electron chi connectivity index (χ2n) is 6.59. The van der Waals surface area contributed by atoms with Gasteiger partial charge in [0.05, 0.1) is 0 Å². The number of halogens is 2. The summed E-state index contributed by atoms with van der Waals surface area (Å²) in [7, 11) is 0. The van der Waals surface area contributed by atoms with Crippen molar-refractivity contribution < 1.29 is 49.5 Å². The van der Waals surface area contributed by atoms with E-state index in [2.05, 4.69) is 73.7 Å². The molecule has 0 nitrogen and oxygen atoms in total. The van der Waals surface area contributed by atoms with Crippen molar-refractivity contribution in [3.8, 4) is 11.1 Å². The van der Waals surface area contributed by atoms with Gasteiger partial charge in [-0.2, -0.15) is 0 Å². The van der Waals surface area contributed by atoms with Crippen LogP contribution in [0.4, 0.5) is 0 Å². The molecule has 26 heavy (non-hydrogen) atoms. The molecule has 3 aromatic carbocycles. The van der Waals surface area contributed by atoms with Crippen LogP contribution in [0.25, 0.3) is 28.0 Å². The van der Waals surface area contributed by atoms with Crippen LogP contribution in [-0.2, 0) is 24.7 Å². The Morgan fingerprint density at radius 1 is 0.846 bits per heavy atom. The third kappa shape index (κ3) is 3.86. The van der Waals surface area contributed by atoms with Gasteiger partial charge in [-0.25, -0.2) is 0 Å². The molecule has 0 heterocycles. The number of unbranched alkanes of at least 4 members (excludes halogenated alkanes) is 1. The normalized spacial score (nSPS) is 15.0. The molecule has 0 saturated heterocycles. The fourth-order valence-corrected chi connectivity index (χ4v) is 4.94. The average Bonchev–Trinajstić information content (AvgIpc) is 2.96. The molecule has 3 heteroatoms. The molecule has 1 unspecified atom stereocenters. The van der Waals surface area contributed by atoms with Gasteiger partial charge < -0.3 is 24.8 Å². The van der Waals surface area contributed by atoms with Crippen LogP contribution in [0.5, 0.6) is 0 Å². The van der Waals surface area contributed by atoms with Gasteiger partial charge in [0.25, 0.3) is 0 Å². The van der Waals surface area contributed by atoms with Crippen molar-refractivity contribution in [3.63, 3.8) is 0 Å². The van der Waals surface area contributed by atoms with Crippen LogP contribution in [0, 0.1) is 0 Å². The number of rotatable bonds is 4. The van der Waals surface area contributed by atoms with E-state index in [-0.39, 0.29) is 24.8 Å². The van der Waals surface area contributed by atoms with E-state index in [4.69, 9.17) is 0 Å². The van der Waals surface area contributed by atoms with Crippen LogP contribution in [0.1, 0.15) is 40.9 Å². The minimum Gasteiger partial charge on any atom is -1.00 e. The minimum absolute atomic E-state index is 0. The fourth-order valence-electron chi connectivity index (χ4n) is 3.76. The van der Waals surface area contributed by atoms with Crippen molar-refractivity contribution in [2.24, 2.45) is 0 Å². The van der Waals surface area contributed by atoms with Crippen LogP contribution in [0.2, 0.25) is 0 Å². The third-order valence-electron chi connectivity index (χ3n) is 5.05. The molecule has 0 saturated carbocycles. The maximum Gasteiger partial charge on any atom is -1.00 e. The first kappa shape index (κ1) is 21.4. The second kappa shape index (κ2) is 9.36. The molecule has 0 aromatic heterocycles. The first-order chi connectivity index (χ1) is 11.8. The van der Waals surface area contributed by atoms with E-state index in [9.17, 15) is 0 Å². The van der Waals surface area contributed by atoms with Gasteiger partial charge in [-0.05, 0) is 0 Å². The van der Waals surface area contributed by atoms with Crippen LogP contribution in [0.15, 0.2) is 66.2 Å². The molecule has 4 rings (SSSR count). The molecule has 0 aliphatic heterocycles. The zero-order valence-corrected chi connectivity index (χ0v) is 18.8. The van der Waals surface area contributed by atoms with E-state index in [0.717, 1.165) is 0 Å². The minimum atomic E-state index is 0. The standard InChI is InChI=1S/C23H21.2ClH.Zr/c1-2-3-8-17-15-19-11-7-14-22(23(19)16-17)21-13-6-10-18-9-4-5-12-20(18)21;;;/h4-7,9-16H,2-3,8H2,1H3;2*1H;/q;;;+2/p-2. The van der Waals surface area contributed by atoms with Gasteiger partial charge in [0, 0.05) is 0 Å². The average molecular weight is 460 g/mol. The Hall–Kier alpha value is -0.877. The summed E-state index contributed by atoms with van der Waals surface area (Å²) in [6.07, 6.45) is 6.30. The molecular formula is C23H21Cl2Zr. The van der Waals surface area contributed by atoms with Crippen molar-refractivity contribution >= 4 is 16.8 Å². The molecule has 0 radical (unpaired) electrons. The maximum atomic E-state index is 2.49. The fraction of sp³-hybridized carbons (Fsp3) is 0.217. The molecule has 0 bridgehead atoms. The van der Waals surface area contributed by atoms with Crippen molar-refractivity contribution in [3.05, 3.63) is 77.4 Å². The number of benzene rings is 3. The molecule has 0 amide bonds. The Morgan fingerprint density at radius 3 is 2.35 bits per heavy atom. The molecule has 131 valence electrons. The third-order valence-corrected chi connectivity index (χ3v) is 6.73. The van der Waals surface area contributed by atoms with Crippen molar-refractivity contribution in [1.29, 1.82) is 0 Å². The number of fused-ring (bicyclic) bond motifs is 2. The Labute approximate surface area is 183 Å². The second-order valence-corrected chi connectivity index (χ2v) is 8.01. The molecule has 0 fully saturated rings. The van der Waals surface area contributed by atoms with Crippen LogP contribution < -0.4 is 24.8 Å². The summed E-state index contributed by atoms with van der Waals surface area (Å²) in [6, 6.07) is 22.2. The van der Waals surface area contributed by atoms with Gasteiger partial charge in [0.15, 0.2) is 0 Å². The summed E-state index contributed by atoms with van der Waals surface area (Å²) >= 11 is 1.61. The SMILES string of the molecule is CCCCC1=Cc2c(-c3cccc4ccccc34)cccc2[CH]1[Zr+2].[Cl-].[Cl-]. The Bertz CT molecular complexity index is 925. The Morgan fingerprint density at radius 2 is 1.54 bits per heavy atom. The molecular weight excluding hydrogens is 438 g/mol. The van der Waals surface area contributed by atoms with E-state index < -0.39 is 0 Å². The van der Waals surface area contributed by atoms with Gasteiger partial charge >= 0.3 is 160 Å². The summed E-state index contributed by atoms with van der Waals surface area (Å²) in [6.45, 7) is 2.28. The van der Waals surface area contributed by atoms with Crippen LogP contribution >= 0.6 is 0 Å². The zero-order chi connectivity index (χ0) is 16.5. The van der Waals surface area contributed by atoms with Crippen molar-refractivity contribution in [2.75, 3.05) is 0 Å². The number of allylic oxidation sites excluding steroid dienone is 1. The summed E-state index contributed by atoms with van der Waals surface area (Å²) < 4.78 is 0.647. The van der Waals surface area contributed by atoms with Crippen molar-refractivity contribution in [2.45, 2.75) is 29.8 Å². The molecule has 1 aliphatic rings. The van der Waals surface area contributed by atoms with Crippen LogP contribution in [-0.4, -0.2) is 0 Å². The van der Waals surface area contributed by atoms with E-state index in [1.807, 2.05) is 0 Å². The van der Waals surface area contributed by atoms with E-state index >= 15 is 0 Å². The first-order valence-corrected chi connectivity index (χ1v) is 10.2. The number of hydrogen-bond donors (Lipinski definition) is 0. The zero-order valence-electron chi connectivity index (χ0n) is 14.8. The Kier molecular flexibility index (Phi) is 7.71. The smallest absolute Gasteiger partial charge is 1.00 e. The topological polar surface area (TPSA) is 0 Å². The van der Waals surface area contributed by atoms with Gasteiger partial charge in [-0.15, -0.1) is 0 Å². The summed E-state index contributed by atoms with van der Waals surface area (Å²) in [5.74, 6) is 0. The van der Waals surface area contributed by atoms with Gasteiger partial charge in [0.1, 0.15) is 0 Å². The van der Waals surface area contributed by atoms with Gasteiger partial charge in [0.2, 0.25) is 0 Å². The van der Waals surface area contributed by atoms with E-state index in [0.29, 0.717) is 3.63 Å². The molecule has 0 spiro atoms. The quantitative estimate of drug-likeness (QED) is 0.539. The monoisotopic (exact) mass is 457 g/mol. The largest absolute Gasteiger partial charge is 1.00 e. The number of hydrogen-bond acceptors (Lipinski definition) is 0. The van der Waals surface area contributed by atoms with Gasteiger partial charge in [-0.1, -0.05) is 0 Å². The Balaban J connectivity index is 0.00000121. The van der Waals surface area contributed by atoms with Crippen molar-refractivity contribution in [1.82, 2.24) is 0 Å². The van der Waals surface area contributed by atoms with Gasteiger partial charge in [-0.3, -0.25) is 0 Å². The summed E-state index contributed by atoms with van der Waals surface area (Å²) in [5.41, 5.74) is 7.38. The molecule has 1 atom stereocenters. The summed E-state index contributed by atoms with van der Waals surface area (Å²) in [5, 5.41) is 2.67. The molecule has 3 aromatic rings. The molecule has 0 N–H and O–H groups in total. The maximum absolute atomic E-state index is 2.49. The predicted octanol–water partition coefficient (Wildman–Crippen LogP) is 0.690. The molecule has 1 aliphatic carbocycles. The van der Waals surface area contributed by atoms with E-state index in [1.54, 1.807) is 30.3 Å². The van der Waals surface area contributed by atoms with Crippen LogP contribution in [0.3, 0.4) is 0 Å². The summed E-state index contributed by atoms with van der Waals surface area (Å²) in [4.78, 5) is 0.